The summed E-state index contributed by atoms with van der Waals surface area (Å²) in [5.74, 6) is -2.01. The van der Waals surface area contributed by atoms with Crippen LogP contribution in [0, 0.1) is 0 Å². The summed E-state index contributed by atoms with van der Waals surface area (Å²) in [4.78, 5) is 50.6. The van der Waals surface area contributed by atoms with E-state index in [0.717, 1.165) is 16.9 Å². The van der Waals surface area contributed by atoms with Gasteiger partial charge in [0.25, 0.3) is 11.8 Å². The number of imide groups is 2. The van der Waals surface area contributed by atoms with Crippen LogP contribution < -0.4 is 16.4 Å². The Morgan fingerprint density at radius 1 is 1.03 bits per heavy atom. The average molecular weight is 420 g/mol. The molecule has 4 rings (SSSR count). The molecule has 4 N–H and O–H groups in total. The molecule has 2 aromatic carbocycles. The number of fused-ring (bicyclic) bond motifs is 1. The highest BCUT2D eigenvalue weighted by atomic mass is 16.2. The summed E-state index contributed by atoms with van der Waals surface area (Å²) >= 11 is 0. The quantitative estimate of drug-likeness (QED) is 0.568. The summed E-state index contributed by atoms with van der Waals surface area (Å²) < 4.78 is 0. The summed E-state index contributed by atoms with van der Waals surface area (Å²) in [5.41, 5.74) is 8.63. The van der Waals surface area contributed by atoms with E-state index < -0.39 is 29.7 Å². The Hall–Kier alpha value is -3.36. The highest BCUT2D eigenvalue weighted by Gasteiger charge is 2.45. The van der Waals surface area contributed by atoms with Crippen LogP contribution in [0.15, 0.2) is 48.5 Å². The highest BCUT2D eigenvalue weighted by Crippen LogP contribution is 2.29. The number of nitrogens with two attached hydrogens (primary N) is 1. The zero-order valence-corrected chi connectivity index (χ0v) is 17.0. The van der Waals surface area contributed by atoms with E-state index in [1.165, 1.54) is 0 Å². The van der Waals surface area contributed by atoms with Gasteiger partial charge in [0.1, 0.15) is 6.04 Å². The van der Waals surface area contributed by atoms with Crippen molar-refractivity contribution in [3.05, 3.63) is 70.8 Å². The number of amides is 4. The van der Waals surface area contributed by atoms with Crippen LogP contribution in [0.2, 0.25) is 0 Å². The van der Waals surface area contributed by atoms with Gasteiger partial charge in [-0.2, -0.15) is 0 Å². The number of hydrogen-bond donors (Lipinski definition) is 3. The molecule has 160 valence electrons. The first-order chi connectivity index (χ1) is 15.0. The minimum atomic E-state index is -0.967. The number of nitrogens with one attached hydrogen (secondary N) is 2. The van der Waals surface area contributed by atoms with Crippen molar-refractivity contribution in [1.29, 1.82) is 0 Å². The lowest BCUT2D eigenvalue weighted by Crippen LogP contribution is -2.54. The van der Waals surface area contributed by atoms with Crippen molar-refractivity contribution >= 4 is 23.6 Å². The van der Waals surface area contributed by atoms with Crippen LogP contribution in [-0.2, 0) is 22.6 Å². The summed E-state index contributed by atoms with van der Waals surface area (Å²) in [5, 5.41) is 5.47. The molecular weight excluding hydrogens is 396 g/mol. The fourth-order valence-electron chi connectivity index (χ4n) is 4.11. The highest BCUT2D eigenvalue weighted by molar-refractivity contribution is 6.24. The predicted octanol–water partition coefficient (Wildman–Crippen LogP) is 0.747. The van der Waals surface area contributed by atoms with E-state index in [-0.39, 0.29) is 24.4 Å². The molecule has 0 bridgehead atoms. The third-order valence-corrected chi connectivity index (χ3v) is 5.62. The normalized spacial score (nSPS) is 19.4. The summed E-state index contributed by atoms with van der Waals surface area (Å²) in [6, 6.07) is 14.0. The smallest absolute Gasteiger partial charge is 0.262 e. The van der Waals surface area contributed by atoms with Crippen LogP contribution in [0.25, 0.3) is 0 Å². The van der Waals surface area contributed by atoms with Gasteiger partial charge in [-0.05, 0) is 30.0 Å². The van der Waals surface area contributed by atoms with Crippen molar-refractivity contribution in [3.63, 3.8) is 0 Å². The Morgan fingerprint density at radius 2 is 1.81 bits per heavy atom. The average Bonchev–Trinajstić information content (AvgIpc) is 3.00. The first-order valence-corrected chi connectivity index (χ1v) is 10.3. The van der Waals surface area contributed by atoms with E-state index in [4.69, 9.17) is 5.73 Å². The first-order valence-electron chi connectivity index (χ1n) is 10.3. The fraction of sp³-hybridized carbons (Fsp3) is 0.304. The van der Waals surface area contributed by atoms with Crippen molar-refractivity contribution < 1.29 is 19.2 Å². The summed E-state index contributed by atoms with van der Waals surface area (Å²) in [6.07, 6.45) is 0.955. The standard InChI is InChI=1S/C23H24N4O4/c24-16(11-14-5-2-1-3-6-14)13-25-12-15-7-4-8-17-20(15)23(31)27(22(17)30)18-9-10-19(28)26-21(18)29/h1-8,16,18,25H,9-13,24H2,(H,26,28,29)/t16-,18?/m0/s1. The van der Waals surface area contributed by atoms with Crippen LogP contribution in [0.4, 0.5) is 0 Å². The lowest BCUT2D eigenvalue weighted by molar-refractivity contribution is -0.136. The van der Waals surface area contributed by atoms with Gasteiger partial charge in [0, 0.05) is 25.6 Å². The second kappa shape index (κ2) is 8.79. The molecule has 4 amide bonds. The molecule has 1 unspecified atom stereocenters. The molecule has 0 saturated carbocycles. The van der Waals surface area contributed by atoms with Gasteiger partial charge < -0.3 is 11.1 Å². The van der Waals surface area contributed by atoms with Crippen LogP contribution in [-0.4, -0.2) is 47.2 Å². The maximum Gasteiger partial charge on any atom is 0.262 e. The molecule has 1 saturated heterocycles. The van der Waals surface area contributed by atoms with Crippen LogP contribution in [0.1, 0.15) is 44.7 Å². The van der Waals surface area contributed by atoms with Crippen LogP contribution in [0.5, 0.6) is 0 Å². The maximum absolute atomic E-state index is 13.1. The Labute approximate surface area is 179 Å². The summed E-state index contributed by atoms with van der Waals surface area (Å²) in [6.45, 7) is 0.908. The monoisotopic (exact) mass is 420 g/mol. The topological polar surface area (TPSA) is 122 Å². The number of carbonyl (C=O) groups is 4. The van der Waals surface area contributed by atoms with Gasteiger partial charge in [-0.3, -0.25) is 29.4 Å². The molecule has 2 heterocycles. The number of piperidine rings is 1. The van der Waals surface area contributed by atoms with Crippen LogP contribution in [0.3, 0.4) is 0 Å². The van der Waals surface area contributed by atoms with Gasteiger partial charge in [0.05, 0.1) is 11.1 Å². The van der Waals surface area contributed by atoms with Gasteiger partial charge in [-0.15, -0.1) is 0 Å². The van der Waals surface area contributed by atoms with Gasteiger partial charge in [-0.1, -0.05) is 42.5 Å². The lowest BCUT2D eigenvalue weighted by atomic mass is 10.0. The van der Waals surface area contributed by atoms with E-state index in [9.17, 15) is 19.2 Å². The van der Waals surface area contributed by atoms with Gasteiger partial charge in [0.2, 0.25) is 11.8 Å². The zero-order chi connectivity index (χ0) is 22.0. The molecule has 2 aliphatic rings. The van der Waals surface area contributed by atoms with Crippen molar-refractivity contribution in [2.75, 3.05) is 6.54 Å². The molecule has 0 aromatic heterocycles. The van der Waals surface area contributed by atoms with Crippen molar-refractivity contribution in [2.45, 2.75) is 37.9 Å². The van der Waals surface area contributed by atoms with Gasteiger partial charge >= 0.3 is 0 Å². The number of hydrogen-bond acceptors (Lipinski definition) is 6. The van der Waals surface area contributed by atoms with E-state index >= 15 is 0 Å². The number of carbonyl (C=O) groups excluding carboxylic acids is 4. The van der Waals surface area contributed by atoms with Crippen molar-refractivity contribution in [2.24, 2.45) is 5.73 Å². The zero-order valence-electron chi connectivity index (χ0n) is 17.0. The first kappa shape index (κ1) is 20.9. The molecule has 8 nitrogen and oxygen atoms in total. The largest absolute Gasteiger partial charge is 0.326 e. The Balaban J connectivity index is 1.43. The van der Waals surface area contributed by atoms with E-state index in [2.05, 4.69) is 10.6 Å². The second-order valence-electron chi connectivity index (χ2n) is 7.87. The van der Waals surface area contributed by atoms with Crippen molar-refractivity contribution in [1.82, 2.24) is 15.5 Å². The van der Waals surface area contributed by atoms with E-state index in [1.54, 1.807) is 18.2 Å². The molecule has 0 radical (unpaired) electrons. The Bertz CT molecular complexity index is 1040. The Kier molecular flexibility index (Phi) is 5.92. The van der Waals surface area contributed by atoms with E-state index in [1.807, 2.05) is 30.3 Å². The third-order valence-electron chi connectivity index (χ3n) is 5.62. The molecule has 1 fully saturated rings. The predicted molar refractivity (Wildman–Crippen MR) is 113 cm³/mol. The minimum Gasteiger partial charge on any atom is -0.326 e. The van der Waals surface area contributed by atoms with Gasteiger partial charge in [-0.25, -0.2) is 0 Å². The molecular formula is C23H24N4O4. The molecule has 31 heavy (non-hydrogen) atoms. The molecule has 2 aromatic rings. The minimum absolute atomic E-state index is 0.0948. The molecule has 0 spiro atoms. The molecule has 2 atom stereocenters. The Morgan fingerprint density at radius 3 is 2.55 bits per heavy atom. The lowest BCUT2D eigenvalue weighted by Gasteiger charge is -2.27. The second-order valence-corrected chi connectivity index (χ2v) is 7.87. The molecule has 0 aliphatic carbocycles. The third kappa shape index (κ3) is 4.26. The number of nitrogens with zero attached hydrogens (tertiary/aromatic N) is 1. The molecule has 8 heteroatoms. The number of benzene rings is 2. The summed E-state index contributed by atoms with van der Waals surface area (Å²) in [7, 11) is 0. The maximum atomic E-state index is 13.1. The number of rotatable bonds is 7. The van der Waals surface area contributed by atoms with E-state index in [0.29, 0.717) is 24.2 Å². The molecule has 2 aliphatic heterocycles. The SMILES string of the molecule is N[C@H](CNCc1cccc2c1C(=O)N(C1CCC(=O)NC1=O)C2=O)Cc1ccccc1. The fourth-order valence-corrected chi connectivity index (χ4v) is 4.11. The van der Waals surface area contributed by atoms with Crippen LogP contribution >= 0.6 is 0 Å². The van der Waals surface area contributed by atoms with Crippen molar-refractivity contribution in [3.8, 4) is 0 Å². The van der Waals surface area contributed by atoms with Gasteiger partial charge in [0.15, 0.2) is 0 Å².